The van der Waals surface area contributed by atoms with Gasteiger partial charge in [-0.05, 0) is 49.5 Å². The summed E-state index contributed by atoms with van der Waals surface area (Å²) in [6.07, 6.45) is 0. The van der Waals surface area contributed by atoms with Crippen molar-refractivity contribution in [3.63, 3.8) is 0 Å². The molecule has 0 saturated heterocycles. The third kappa shape index (κ3) is 5.08. The van der Waals surface area contributed by atoms with E-state index in [2.05, 4.69) is 39.7 Å². The first kappa shape index (κ1) is 22.7. The van der Waals surface area contributed by atoms with Crippen LogP contribution in [0.15, 0.2) is 46.9 Å². The van der Waals surface area contributed by atoms with Gasteiger partial charge in [0.15, 0.2) is 5.13 Å². The molecule has 3 rings (SSSR count). The smallest absolute Gasteiger partial charge is 0.260 e. The molecule has 1 aromatic heterocycles. The molecule has 0 aliphatic rings. The number of aromatic nitrogens is 1. The van der Waals surface area contributed by atoms with Crippen molar-refractivity contribution >= 4 is 60.9 Å². The monoisotopic (exact) mass is 485 g/mol. The molecular formula is C20H22BrClFN3OS. The summed E-state index contributed by atoms with van der Waals surface area (Å²) in [7, 11) is 0. The number of carbonyl (C=O) groups excluding carboxylic acids is 1. The number of thiazole rings is 1. The van der Waals surface area contributed by atoms with E-state index in [-0.39, 0.29) is 24.1 Å². The maximum absolute atomic E-state index is 14.1. The van der Waals surface area contributed by atoms with Gasteiger partial charge in [-0.15, -0.1) is 12.4 Å². The number of amides is 1. The minimum absolute atomic E-state index is 0. The van der Waals surface area contributed by atoms with E-state index >= 15 is 0 Å². The van der Waals surface area contributed by atoms with Crippen LogP contribution in [0.25, 0.3) is 10.2 Å². The molecule has 1 amide bonds. The Morgan fingerprint density at radius 3 is 2.39 bits per heavy atom. The van der Waals surface area contributed by atoms with Gasteiger partial charge in [0.1, 0.15) is 11.3 Å². The second-order valence-electron chi connectivity index (χ2n) is 6.07. The summed E-state index contributed by atoms with van der Waals surface area (Å²) in [6, 6.07) is 12.1. The van der Waals surface area contributed by atoms with Crippen molar-refractivity contribution in [1.82, 2.24) is 9.88 Å². The van der Waals surface area contributed by atoms with Crippen LogP contribution < -0.4 is 4.90 Å². The van der Waals surface area contributed by atoms with Crippen LogP contribution in [0, 0.1) is 5.82 Å². The van der Waals surface area contributed by atoms with Gasteiger partial charge < -0.3 is 4.90 Å². The van der Waals surface area contributed by atoms with E-state index in [0.717, 1.165) is 28.8 Å². The Labute approximate surface area is 182 Å². The third-order valence-electron chi connectivity index (χ3n) is 4.46. The van der Waals surface area contributed by atoms with Crippen LogP contribution in [-0.2, 0) is 0 Å². The van der Waals surface area contributed by atoms with Gasteiger partial charge >= 0.3 is 0 Å². The summed E-state index contributed by atoms with van der Waals surface area (Å²) in [4.78, 5) is 21.5. The summed E-state index contributed by atoms with van der Waals surface area (Å²) < 4.78 is 15.7. The normalized spacial score (nSPS) is 10.9. The van der Waals surface area contributed by atoms with Crippen LogP contribution in [0.4, 0.5) is 9.52 Å². The highest BCUT2D eigenvalue weighted by atomic mass is 79.9. The van der Waals surface area contributed by atoms with Crippen molar-refractivity contribution < 1.29 is 9.18 Å². The first-order valence-corrected chi connectivity index (χ1v) is 10.5. The zero-order valence-electron chi connectivity index (χ0n) is 15.7. The highest BCUT2D eigenvalue weighted by Crippen LogP contribution is 2.31. The maximum Gasteiger partial charge on any atom is 0.260 e. The molecule has 0 unspecified atom stereocenters. The molecule has 0 saturated carbocycles. The first-order valence-electron chi connectivity index (χ1n) is 8.88. The predicted molar refractivity (Wildman–Crippen MR) is 120 cm³/mol. The number of nitrogens with zero attached hydrogens (tertiary/aromatic N) is 3. The third-order valence-corrected chi connectivity index (χ3v) is 6.03. The molecule has 0 N–H and O–H groups in total. The van der Waals surface area contributed by atoms with Crippen LogP contribution in [0.2, 0.25) is 0 Å². The van der Waals surface area contributed by atoms with E-state index < -0.39 is 0 Å². The fraction of sp³-hybridized carbons (Fsp3) is 0.300. The van der Waals surface area contributed by atoms with Gasteiger partial charge in [0, 0.05) is 23.1 Å². The Morgan fingerprint density at radius 1 is 1.11 bits per heavy atom. The molecule has 4 nitrogen and oxygen atoms in total. The van der Waals surface area contributed by atoms with Gasteiger partial charge in [-0.2, -0.15) is 0 Å². The van der Waals surface area contributed by atoms with Gasteiger partial charge in [0.05, 0.1) is 4.70 Å². The lowest BCUT2D eigenvalue weighted by Crippen LogP contribution is -2.38. The molecule has 1 heterocycles. The zero-order chi connectivity index (χ0) is 19.4. The highest BCUT2D eigenvalue weighted by molar-refractivity contribution is 9.10. The molecule has 0 fully saturated rings. The molecule has 150 valence electrons. The maximum atomic E-state index is 14.1. The Hall–Kier alpha value is -1.54. The lowest BCUT2D eigenvalue weighted by atomic mass is 10.2. The molecule has 0 aliphatic carbocycles. The summed E-state index contributed by atoms with van der Waals surface area (Å²) >= 11 is 4.73. The van der Waals surface area contributed by atoms with Gasteiger partial charge in [0.2, 0.25) is 0 Å². The second-order valence-corrected chi connectivity index (χ2v) is 8.00. The molecule has 8 heteroatoms. The number of likely N-dealkylation sites (N-methyl/N-ethyl adjacent to an activating group) is 1. The Morgan fingerprint density at radius 2 is 1.79 bits per heavy atom. The number of anilines is 1. The minimum Gasteiger partial charge on any atom is -0.302 e. The van der Waals surface area contributed by atoms with E-state index in [1.165, 1.54) is 17.4 Å². The van der Waals surface area contributed by atoms with E-state index in [1.54, 1.807) is 23.1 Å². The predicted octanol–water partition coefficient (Wildman–Crippen LogP) is 5.61. The number of hydrogen-bond donors (Lipinski definition) is 0. The van der Waals surface area contributed by atoms with Gasteiger partial charge in [-0.25, -0.2) is 9.37 Å². The molecular weight excluding hydrogens is 465 g/mol. The number of fused-ring (bicyclic) bond motifs is 1. The first-order chi connectivity index (χ1) is 13.0. The number of halogens is 3. The number of hydrogen-bond acceptors (Lipinski definition) is 4. The van der Waals surface area contributed by atoms with Crippen molar-refractivity contribution in [2.24, 2.45) is 0 Å². The van der Waals surface area contributed by atoms with Crippen molar-refractivity contribution in [2.45, 2.75) is 13.8 Å². The molecule has 2 aromatic carbocycles. The summed E-state index contributed by atoms with van der Waals surface area (Å²) in [5.74, 6) is -0.496. The standard InChI is InChI=1S/C20H21BrFN3OS.ClH/c1-3-24(4-2)12-13-25(19(26)14-8-10-15(21)11-9-14)20-23-18-16(22)6-5-7-17(18)27-20;/h5-11H,3-4,12-13H2,1-2H3;1H. The number of carbonyl (C=O) groups is 1. The molecule has 0 radical (unpaired) electrons. The van der Waals surface area contributed by atoms with Gasteiger partial charge in [-0.3, -0.25) is 9.69 Å². The van der Waals surface area contributed by atoms with Crippen LogP contribution in [-0.4, -0.2) is 42.0 Å². The van der Waals surface area contributed by atoms with Crippen molar-refractivity contribution in [1.29, 1.82) is 0 Å². The molecule has 0 bridgehead atoms. The summed E-state index contributed by atoms with van der Waals surface area (Å²) in [5.41, 5.74) is 0.895. The Kier molecular flexibility index (Phi) is 8.37. The SMILES string of the molecule is CCN(CC)CCN(C(=O)c1ccc(Br)cc1)c1nc2c(F)cccc2s1.Cl. The number of benzene rings is 2. The summed E-state index contributed by atoms with van der Waals surface area (Å²) in [5, 5.41) is 0.523. The largest absolute Gasteiger partial charge is 0.302 e. The average molecular weight is 487 g/mol. The van der Waals surface area contributed by atoms with Crippen LogP contribution in [0.3, 0.4) is 0 Å². The highest BCUT2D eigenvalue weighted by Gasteiger charge is 2.22. The fourth-order valence-corrected chi connectivity index (χ4v) is 4.10. The molecule has 0 atom stereocenters. The van der Waals surface area contributed by atoms with Crippen molar-refractivity contribution in [2.75, 3.05) is 31.1 Å². The molecule has 3 aromatic rings. The van der Waals surface area contributed by atoms with E-state index in [0.29, 0.717) is 22.8 Å². The molecule has 28 heavy (non-hydrogen) atoms. The van der Waals surface area contributed by atoms with Gasteiger partial charge in [0.25, 0.3) is 5.91 Å². The quantitative estimate of drug-likeness (QED) is 0.436. The zero-order valence-corrected chi connectivity index (χ0v) is 18.9. The van der Waals surface area contributed by atoms with E-state index in [1.807, 2.05) is 18.2 Å². The lowest BCUT2D eigenvalue weighted by Gasteiger charge is -2.24. The lowest BCUT2D eigenvalue weighted by molar-refractivity contribution is 0.0983. The Bertz CT molecular complexity index is 931. The van der Waals surface area contributed by atoms with Crippen LogP contribution >= 0.6 is 39.7 Å². The van der Waals surface area contributed by atoms with Crippen molar-refractivity contribution in [3.05, 3.63) is 58.3 Å². The minimum atomic E-state index is -0.366. The fourth-order valence-electron chi connectivity index (χ4n) is 2.83. The van der Waals surface area contributed by atoms with Crippen LogP contribution in [0.5, 0.6) is 0 Å². The van der Waals surface area contributed by atoms with Crippen LogP contribution in [0.1, 0.15) is 24.2 Å². The summed E-state index contributed by atoms with van der Waals surface area (Å²) in [6.45, 7) is 7.23. The second kappa shape index (κ2) is 10.3. The van der Waals surface area contributed by atoms with E-state index in [4.69, 9.17) is 0 Å². The van der Waals surface area contributed by atoms with Crippen molar-refractivity contribution in [3.8, 4) is 0 Å². The van der Waals surface area contributed by atoms with Gasteiger partial charge in [-0.1, -0.05) is 47.2 Å². The van der Waals surface area contributed by atoms with E-state index in [9.17, 15) is 9.18 Å². The number of para-hydroxylation sites is 1. The number of rotatable bonds is 7. The average Bonchev–Trinajstić information content (AvgIpc) is 3.11. The molecule has 0 spiro atoms. The Balaban J connectivity index is 0.00000280. The molecule has 0 aliphatic heterocycles. The topological polar surface area (TPSA) is 36.4 Å².